The lowest BCUT2D eigenvalue weighted by Crippen LogP contribution is -2.03. The van der Waals surface area contributed by atoms with Crippen LogP contribution >= 0.6 is 0 Å². The fourth-order valence-corrected chi connectivity index (χ4v) is 4.16. The lowest BCUT2D eigenvalue weighted by atomic mass is 10.0. The molecule has 0 saturated carbocycles. The Balaban J connectivity index is 1.74. The van der Waals surface area contributed by atoms with Crippen molar-refractivity contribution >= 4 is 5.97 Å². The van der Waals surface area contributed by atoms with Crippen molar-refractivity contribution < 1.29 is 9.53 Å². The highest BCUT2D eigenvalue weighted by Gasteiger charge is 1.98. The van der Waals surface area contributed by atoms with Gasteiger partial charge in [0.15, 0.2) is 0 Å². The monoisotopic (exact) mass is 442 g/mol. The summed E-state index contributed by atoms with van der Waals surface area (Å²) in [5.74, 6) is 0.319. The first-order valence-electron chi connectivity index (χ1n) is 13.8. The molecule has 182 valence electrons. The molecule has 0 heterocycles. The highest BCUT2D eigenvalue weighted by atomic mass is 16.5. The first-order chi connectivity index (χ1) is 15.8. The van der Waals surface area contributed by atoms with Crippen molar-refractivity contribution in [3.05, 3.63) is 42.5 Å². The molecule has 0 radical (unpaired) electrons. The van der Waals surface area contributed by atoms with Gasteiger partial charge in [-0.25, -0.2) is 4.79 Å². The normalized spacial score (nSPS) is 11.3. The summed E-state index contributed by atoms with van der Waals surface area (Å²) in [6, 6.07) is 9.23. The second kappa shape index (κ2) is 22.6. The van der Waals surface area contributed by atoms with E-state index in [1.807, 2.05) is 24.3 Å². The van der Waals surface area contributed by atoms with Crippen molar-refractivity contribution in [1.29, 1.82) is 0 Å². The van der Waals surface area contributed by atoms with E-state index in [1.165, 1.54) is 116 Å². The molecular weight excluding hydrogens is 392 g/mol. The van der Waals surface area contributed by atoms with Gasteiger partial charge in [0.05, 0.1) is 0 Å². The van der Waals surface area contributed by atoms with Gasteiger partial charge in [-0.15, -0.1) is 0 Å². The van der Waals surface area contributed by atoms with Crippen LogP contribution in [-0.2, 0) is 4.79 Å². The summed E-state index contributed by atoms with van der Waals surface area (Å²) in [6.45, 7) is 2.29. The zero-order chi connectivity index (χ0) is 23.0. The van der Waals surface area contributed by atoms with Crippen LogP contribution in [0.5, 0.6) is 5.75 Å². The molecule has 0 amide bonds. The standard InChI is InChI=1S/C30H50O2/c1-2-3-4-5-6-7-8-9-10-11-12-13-14-15-16-17-18-19-20-21-25-28-30(31)32-29-26-23-22-24-27-29/h22-28H,2-21H2,1H3/b28-25+. The largest absolute Gasteiger partial charge is 0.423 e. The van der Waals surface area contributed by atoms with E-state index in [2.05, 4.69) is 6.92 Å². The quantitative estimate of drug-likeness (QED) is 0.0772. The van der Waals surface area contributed by atoms with Crippen LogP contribution in [0.25, 0.3) is 0 Å². The number of hydrogen-bond acceptors (Lipinski definition) is 2. The number of carbonyl (C=O) groups is 1. The molecule has 0 aromatic heterocycles. The molecule has 1 rings (SSSR count). The molecule has 0 unspecified atom stereocenters. The average molecular weight is 443 g/mol. The van der Waals surface area contributed by atoms with Crippen LogP contribution in [0.3, 0.4) is 0 Å². The first kappa shape index (κ1) is 28.5. The fraction of sp³-hybridized carbons (Fsp3) is 0.700. The van der Waals surface area contributed by atoms with Gasteiger partial charge in [0.25, 0.3) is 0 Å². The van der Waals surface area contributed by atoms with E-state index >= 15 is 0 Å². The smallest absolute Gasteiger partial charge is 0.335 e. The van der Waals surface area contributed by atoms with Crippen molar-refractivity contribution in [2.75, 3.05) is 0 Å². The molecule has 1 aromatic carbocycles. The number of para-hydroxylation sites is 1. The third kappa shape index (κ3) is 19.1. The van der Waals surface area contributed by atoms with E-state index in [1.54, 1.807) is 18.2 Å². The Kier molecular flexibility index (Phi) is 20.1. The van der Waals surface area contributed by atoms with E-state index < -0.39 is 0 Å². The fourth-order valence-electron chi connectivity index (χ4n) is 4.16. The predicted molar refractivity (Wildman–Crippen MR) is 139 cm³/mol. The molecule has 1 aromatic rings. The van der Waals surface area contributed by atoms with Gasteiger partial charge in [0.2, 0.25) is 0 Å². The van der Waals surface area contributed by atoms with E-state index in [0.717, 1.165) is 12.8 Å². The van der Waals surface area contributed by atoms with Gasteiger partial charge in [-0.1, -0.05) is 147 Å². The summed E-state index contributed by atoms with van der Waals surface area (Å²) in [4.78, 5) is 11.7. The van der Waals surface area contributed by atoms with Crippen LogP contribution in [0.1, 0.15) is 135 Å². The maximum atomic E-state index is 11.7. The minimum absolute atomic E-state index is 0.283. The highest BCUT2D eigenvalue weighted by molar-refractivity contribution is 5.83. The number of esters is 1. The summed E-state index contributed by atoms with van der Waals surface area (Å²) in [5.41, 5.74) is 0. The molecule has 32 heavy (non-hydrogen) atoms. The molecule has 0 fully saturated rings. The Morgan fingerprint density at radius 2 is 1.03 bits per heavy atom. The molecule has 0 aliphatic rings. The molecule has 0 aliphatic heterocycles. The molecular formula is C30H50O2. The van der Waals surface area contributed by atoms with E-state index in [9.17, 15) is 4.79 Å². The van der Waals surface area contributed by atoms with Crippen LogP contribution in [-0.4, -0.2) is 5.97 Å². The number of rotatable bonds is 22. The van der Waals surface area contributed by atoms with Gasteiger partial charge in [-0.2, -0.15) is 0 Å². The van der Waals surface area contributed by atoms with E-state index in [4.69, 9.17) is 4.74 Å². The van der Waals surface area contributed by atoms with Gasteiger partial charge in [-0.05, 0) is 25.0 Å². The second-order valence-corrected chi connectivity index (χ2v) is 9.29. The van der Waals surface area contributed by atoms with Crippen molar-refractivity contribution in [1.82, 2.24) is 0 Å². The van der Waals surface area contributed by atoms with Crippen LogP contribution in [0, 0.1) is 0 Å². The zero-order valence-electron chi connectivity index (χ0n) is 21.0. The topological polar surface area (TPSA) is 26.3 Å². The summed E-state index contributed by atoms with van der Waals surface area (Å²) in [7, 11) is 0. The number of allylic oxidation sites excluding steroid dienone is 1. The molecule has 0 N–H and O–H groups in total. The first-order valence-corrected chi connectivity index (χ1v) is 13.8. The molecule has 0 atom stereocenters. The second-order valence-electron chi connectivity index (χ2n) is 9.29. The molecule has 0 aliphatic carbocycles. The van der Waals surface area contributed by atoms with Crippen molar-refractivity contribution in [3.8, 4) is 5.75 Å². The van der Waals surface area contributed by atoms with Crippen molar-refractivity contribution in [2.45, 2.75) is 135 Å². The van der Waals surface area contributed by atoms with Crippen LogP contribution in [0.4, 0.5) is 0 Å². The molecule has 0 bridgehead atoms. The maximum Gasteiger partial charge on any atom is 0.335 e. The number of carbonyl (C=O) groups excluding carboxylic acids is 1. The van der Waals surface area contributed by atoms with E-state index in [0.29, 0.717) is 5.75 Å². The van der Waals surface area contributed by atoms with Crippen LogP contribution < -0.4 is 4.74 Å². The summed E-state index contributed by atoms with van der Waals surface area (Å²) in [6.07, 6.45) is 31.1. The van der Waals surface area contributed by atoms with Crippen LogP contribution in [0.15, 0.2) is 42.5 Å². The van der Waals surface area contributed by atoms with Gasteiger partial charge in [0, 0.05) is 6.08 Å². The van der Waals surface area contributed by atoms with Gasteiger partial charge < -0.3 is 4.74 Å². The number of benzene rings is 1. The zero-order valence-corrected chi connectivity index (χ0v) is 21.0. The minimum Gasteiger partial charge on any atom is -0.423 e. The minimum atomic E-state index is -0.283. The molecule has 2 heteroatoms. The SMILES string of the molecule is CCCCCCCCCCCCCCCCCCCCC/C=C/C(=O)Oc1ccccc1. The Morgan fingerprint density at radius 1 is 0.625 bits per heavy atom. The average Bonchev–Trinajstić information content (AvgIpc) is 2.80. The van der Waals surface area contributed by atoms with Gasteiger partial charge in [0.1, 0.15) is 5.75 Å². The lowest BCUT2D eigenvalue weighted by Gasteiger charge is -2.04. The number of ether oxygens (including phenoxy) is 1. The Hall–Kier alpha value is -1.57. The third-order valence-electron chi connectivity index (χ3n) is 6.19. The summed E-state index contributed by atoms with van der Waals surface area (Å²) < 4.78 is 5.23. The maximum absolute atomic E-state index is 11.7. The lowest BCUT2D eigenvalue weighted by molar-refractivity contribution is -0.129. The Morgan fingerprint density at radius 3 is 1.47 bits per heavy atom. The summed E-state index contributed by atoms with van der Waals surface area (Å²) >= 11 is 0. The van der Waals surface area contributed by atoms with Crippen molar-refractivity contribution in [3.63, 3.8) is 0 Å². The molecule has 0 saturated heterocycles. The number of hydrogen-bond donors (Lipinski definition) is 0. The Bertz CT molecular complexity index is 549. The molecule has 2 nitrogen and oxygen atoms in total. The van der Waals surface area contributed by atoms with Crippen LogP contribution in [0.2, 0.25) is 0 Å². The highest BCUT2D eigenvalue weighted by Crippen LogP contribution is 2.15. The summed E-state index contributed by atoms with van der Waals surface area (Å²) in [5, 5.41) is 0. The van der Waals surface area contributed by atoms with Gasteiger partial charge >= 0.3 is 5.97 Å². The Labute approximate surface area is 199 Å². The number of unbranched alkanes of at least 4 members (excludes halogenated alkanes) is 19. The third-order valence-corrected chi connectivity index (χ3v) is 6.19. The van der Waals surface area contributed by atoms with Crippen molar-refractivity contribution in [2.24, 2.45) is 0 Å². The molecule has 0 spiro atoms. The van der Waals surface area contributed by atoms with Gasteiger partial charge in [-0.3, -0.25) is 0 Å². The predicted octanol–water partition coefficient (Wildman–Crippen LogP) is 9.97. The van der Waals surface area contributed by atoms with E-state index in [-0.39, 0.29) is 5.97 Å².